The van der Waals surface area contributed by atoms with Gasteiger partial charge in [-0.3, -0.25) is 9.00 Å². The molecule has 104 valence electrons. The van der Waals surface area contributed by atoms with Crippen molar-refractivity contribution in [1.29, 1.82) is 0 Å². The van der Waals surface area contributed by atoms with Crippen molar-refractivity contribution in [3.8, 4) is 0 Å². The maximum Gasteiger partial charge on any atom is 0.169 e. The number of carbonyl (C=O) groups is 1. The molecule has 0 unspecified atom stereocenters. The molecule has 2 rings (SSSR count). The first-order valence-corrected chi connectivity index (χ1v) is 7.61. The van der Waals surface area contributed by atoms with E-state index in [1.54, 1.807) is 0 Å². The fourth-order valence-electron chi connectivity index (χ4n) is 2.01. The van der Waals surface area contributed by atoms with Crippen LogP contribution in [0.15, 0.2) is 18.2 Å². The molecule has 6 heteroatoms. The number of ketones is 1. The molecule has 1 aromatic carbocycles. The van der Waals surface area contributed by atoms with Crippen LogP contribution in [0.4, 0.5) is 8.78 Å². The van der Waals surface area contributed by atoms with Crippen molar-refractivity contribution < 1.29 is 17.8 Å². The van der Waals surface area contributed by atoms with Crippen molar-refractivity contribution in [2.45, 2.75) is 6.42 Å². The van der Waals surface area contributed by atoms with Crippen molar-refractivity contribution in [3.05, 3.63) is 35.4 Å². The van der Waals surface area contributed by atoms with E-state index in [0.29, 0.717) is 31.1 Å². The molecule has 0 spiro atoms. The molecule has 1 aliphatic rings. The van der Waals surface area contributed by atoms with Gasteiger partial charge in [-0.25, -0.2) is 8.78 Å². The smallest absolute Gasteiger partial charge is 0.169 e. The summed E-state index contributed by atoms with van der Waals surface area (Å²) in [7, 11) is -0.754. The van der Waals surface area contributed by atoms with Crippen molar-refractivity contribution in [2.24, 2.45) is 0 Å². The molecule has 0 bridgehead atoms. The largest absolute Gasteiger partial charge is 0.301 e. The van der Waals surface area contributed by atoms with Gasteiger partial charge in [-0.2, -0.15) is 0 Å². The van der Waals surface area contributed by atoms with Gasteiger partial charge in [0.2, 0.25) is 0 Å². The Labute approximate surface area is 113 Å². The highest BCUT2D eigenvalue weighted by Crippen LogP contribution is 2.14. The van der Waals surface area contributed by atoms with Gasteiger partial charge in [0, 0.05) is 48.4 Å². The molecule has 1 heterocycles. The van der Waals surface area contributed by atoms with Crippen molar-refractivity contribution in [3.63, 3.8) is 0 Å². The van der Waals surface area contributed by atoms with E-state index in [4.69, 9.17) is 0 Å². The first-order chi connectivity index (χ1) is 9.08. The first-order valence-electron chi connectivity index (χ1n) is 6.12. The van der Waals surface area contributed by atoms with Crippen LogP contribution in [0.3, 0.4) is 0 Å². The number of rotatable bonds is 4. The Bertz CT molecular complexity index is 497. The number of hydrogen-bond donors (Lipinski definition) is 0. The summed E-state index contributed by atoms with van der Waals surface area (Å²) in [4.78, 5) is 13.9. The Morgan fingerprint density at radius 2 is 1.95 bits per heavy atom. The molecule has 1 aromatic rings. The monoisotopic (exact) mass is 287 g/mol. The number of benzene rings is 1. The van der Waals surface area contributed by atoms with E-state index in [-0.39, 0.29) is 12.0 Å². The maximum absolute atomic E-state index is 13.4. The van der Waals surface area contributed by atoms with Gasteiger partial charge in [0.1, 0.15) is 0 Å². The Balaban J connectivity index is 1.91. The van der Waals surface area contributed by atoms with Gasteiger partial charge < -0.3 is 4.90 Å². The van der Waals surface area contributed by atoms with E-state index in [2.05, 4.69) is 0 Å². The molecule has 1 fully saturated rings. The lowest BCUT2D eigenvalue weighted by atomic mass is 10.1. The molecule has 0 atom stereocenters. The summed E-state index contributed by atoms with van der Waals surface area (Å²) in [6.45, 7) is 1.86. The zero-order chi connectivity index (χ0) is 13.8. The predicted octanol–water partition coefficient (Wildman–Crippen LogP) is 1.60. The van der Waals surface area contributed by atoms with E-state index in [1.165, 1.54) is 12.1 Å². The summed E-state index contributed by atoms with van der Waals surface area (Å²) >= 11 is 0. The molecular weight excluding hydrogens is 272 g/mol. The van der Waals surface area contributed by atoms with Crippen molar-refractivity contribution in [1.82, 2.24) is 4.90 Å². The third-order valence-electron chi connectivity index (χ3n) is 3.18. The van der Waals surface area contributed by atoms with Crippen LogP contribution in [0.2, 0.25) is 0 Å². The SMILES string of the molecule is O=C(CCN1CCS(=O)CC1)c1cccc(F)c1F. The van der Waals surface area contributed by atoms with Crippen LogP contribution < -0.4 is 0 Å². The van der Waals surface area contributed by atoms with Crippen LogP contribution in [0.5, 0.6) is 0 Å². The molecule has 0 aromatic heterocycles. The van der Waals surface area contributed by atoms with E-state index < -0.39 is 28.2 Å². The minimum atomic E-state index is -1.08. The number of carbonyl (C=O) groups excluding carboxylic acids is 1. The first kappa shape index (κ1) is 14.3. The fourth-order valence-corrected chi connectivity index (χ4v) is 3.14. The van der Waals surface area contributed by atoms with Gasteiger partial charge in [0.05, 0.1) is 5.56 Å². The van der Waals surface area contributed by atoms with Crippen molar-refractivity contribution in [2.75, 3.05) is 31.1 Å². The Kier molecular flexibility index (Phi) is 4.76. The number of halogens is 2. The normalized spacial score (nSPS) is 17.6. The maximum atomic E-state index is 13.4. The minimum Gasteiger partial charge on any atom is -0.301 e. The molecule has 0 amide bonds. The van der Waals surface area contributed by atoms with Gasteiger partial charge in [-0.1, -0.05) is 6.07 Å². The summed E-state index contributed by atoms with van der Waals surface area (Å²) in [6.07, 6.45) is 0.146. The average molecular weight is 287 g/mol. The highest BCUT2D eigenvalue weighted by molar-refractivity contribution is 7.85. The lowest BCUT2D eigenvalue weighted by molar-refractivity contribution is 0.0961. The van der Waals surface area contributed by atoms with Crippen LogP contribution >= 0.6 is 0 Å². The summed E-state index contributed by atoms with van der Waals surface area (Å²) in [5.41, 5.74) is -0.194. The standard InChI is InChI=1S/C13H15F2NO2S/c14-11-3-1-2-10(13(11)15)12(17)4-5-16-6-8-19(18)9-7-16/h1-3H,4-9H2. The molecule has 3 nitrogen and oxygen atoms in total. The lowest BCUT2D eigenvalue weighted by Gasteiger charge is -2.25. The van der Waals surface area contributed by atoms with Gasteiger partial charge in [0.25, 0.3) is 0 Å². The highest BCUT2D eigenvalue weighted by atomic mass is 32.2. The number of Topliss-reactive ketones (excluding diaryl/α,β-unsaturated/α-hetero) is 1. The number of hydrogen-bond acceptors (Lipinski definition) is 3. The van der Waals surface area contributed by atoms with Crippen LogP contribution in [0.25, 0.3) is 0 Å². The fraction of sp³-hybridized carbons (Fsp3) is 0.462. The zero-order valence-corrected chi connectivity index (χ0v) is 11.2. The van der Waals surface area contributed by atoms with E-state index in [1.807, 2.05) is 4.90 Å². The Morgan fingerprint density at radius 3 is 2.63 bits per heavy atom. The second kappa shape index (κ2) is 6.34. The molecule has 0 radical (unpaired) electrons. The topological polar surface area (TPSA) is 37.4 Å². The summed E-state index contributed by atoms with van der Waals surface area (Å²) in [5, 5.41) is 0. The second-order valence-electron chi connectivity index (χ2n) is 4.46. The predicted molar refractivity (Wildman–Crippen MR) is 69.6 cm³/mol. The second-order valence-corrected chi connectivity index (χ2v) is 6.16. The van der Waals surface area contributed by atoms with Gasteiger partial charge in [0.15, 0.2) is 17.4 Å². The van der Waals surface area contributed by atoms with Crippen LogP contribution in [0, 0.1) is 11.6 Å². The minimum absolute atomic E-state index is 0.146. The van der Waals surface area contributed by atoms with E-state index in [9.17, 15) is 17.8 Å². The summed E-state index contributed by atoms with van der Waals surface area (Å²) in [5.74, 6) is -1.25. The molecule has 1 aliphatic heterocycles. The Hall–Kier alpha value is -1.14. The molecule has 0 N–H and O–H groups in total. The van der Waals surface area contributed by atoms with Gasteiger partial charge >= 0.3 is 0 Å². The molecule has 0 aliphatic carbocycles. The van der Waals surface area contributed by atoms with E-state index >= 15 is 0 Å². The van der Waals surface area contributed by atoms with Crippen LogP contribution in [-0.4, -0.2) is 46.0 Å². The third-order valence-corrected chi connectivity index (χ3v) is 4.45. The van der Waals surface area contributed by atoms with Gasteiger partial charge in [-0.05, 0) is 12.1 Å². The molecular formula is C13H15F2NO2S. The molecule has 19 heavy (non-hydrogen) atoms. The van der Waals surface area contributed by atoms with Crippen LogP contribution in [0.1, 0.15) is 16.8 Å². The highest BCUT2D eigenvalue weighted by Gasteiger charge is 2.18. The average Bonchev–Trinajstić information content (AvgIpc) is 2.41. The number of nitrogens with zero attached hydrogens (tertiary/aromatic N) is 1. The summed E-state index contributed by atoms with van der Waals surface area (Å²) in [6, 6.07) is 3.62. The molecule has 0 saturated carbocycles. The Morgan fingerprint density at radius 1 is 1.26 bits per heavy atom. The van der Waals surface area contributed by atoms with E-state index in [0.717, 1.165) is 6.07 Å². The lowest BCUT2D eigenvalue weighted by Crippen LogP contribution is -2.38. The third kappa shape index (κ3) is 3.67. The van der Waals surface area contributed by atoms with Crippen LogP contribution in [-0.2, 0) is 10.8 Å². The van der Waals surface area contributed by atoms with Crippen molar-refractivity contribution >= 4 is 16.6 Å². The summed E-state index contributed by atoms with van der Waals surface area (Å²) < 4.78 is 37.6. The zero-order valence-electron chi connectivity index (χ0n) is 10.4. The quantitative estimate of drug-likeness (QED) is 0.789. The molecule has 1 saturated heterocycles. The van der Waals surface area contributed by atoms with Gasteiger partial charge in [-0.15, -0.1) is 0 Å².